The highest BCUT2D eigenvalue weighted by atomic mass is 16.1. The molecule has 0 aromatic carbocycles. The number of aromatic nitrogens is 1. The van der Waals surface area contributed by atoms with Gasteiger partial charge in [0.25, 0.3) is 5.56 Å². The summed E-state index contributed by atoms with van der Waals surface area (Å²) in [7, 11) is 1.86. The fourth-order valence-corrected chi connectivity index (χ4v) is 1.50. The Balaban J connectivity index is 2.56. The van der Waals surface area contributed by atoms with Crippen LogP contribution in [-0.4, -0.2) is 24.1 Å². The normalized spacial score (nSPS) is 10.2. The summed E-state index contributed by atoms with van der Waals surface area (Å²) in [5, 5.41) is 5.76. The number of carbonyl (C=O) groups excluding carboxylic acids is 1. The Bertz CT molecular complexity index is 426. The van der Waals surface area contributed by atoms with Crippen LogP contribution in [0.5, 0.6) is 0 Å². The molecule has 0 aliphatic heterocycles. The van der Waals surface area contributed by atoms with Crippen molar-refractivity contribution in [1.29, 1.82) is 0 Å². The summed E-state index contributed by atoms with van der Waals surface area (Å²) in [4.78, 5) is 22.9. The summed E-state index contributed by atoms with van der Waals surface area (Å²) in [6.07, 6.45) is 2.94. The minimum atomic E-state index is -0.0549. The average molecular weight is 237 g/mol. The van der Waals surface area contributed by atoms with Gasteiger partial charge in [0.2, 0.25) is 5.91 Å². The van der Waals surface area contributed by atoms with E-state index in [1.165, 1.54) is 6.07 Å². The summed E-state index contributed by atoms with van der Waals surface area (Å²) in [6, 6.07) is 3.09. The summed E-state index contributed by atoms with van der Waals surface area (Å²) >= 11 is 0. The zero-order valence-corrected chi connectivity index (χ0v) is 10.3. The van der Waals surface area contributed by atoms with E-state index in [0.29, 0.717) is 18.7 Å². The van der Waals surface area contributed by atoms with Crippen LogP contribution in [0.1, 0.15) is 19.8 Å². The summed E-state index contributed by atoms with van der Waals surface area (Å²) in [6.45, 7) is 3.31. The summed E-state index contributed by atoms with van der Waals surface area (Å²) < 4.78 is 1.56. The van der Waals surface area contributed by atoms with Gasteiger partial charge in [-0.25, -0.2) is 0 Å². The van der Waals surface area contributed by atoms with E-state index in [4.69, 9.17) is 0 Å². The molecule has 1 rings (SSSR count). The van der Waals surface area contributed by atoms with Crippen molar-refractivity contribution in [3.05, 3.63) is 28.7 Å². The summed E-state index contributed by atoms with van der Waals surface area (Å²) in [5.74, 6) is -0.0263. The van der Waals surface area contributed by atoms with Crippen LogP contribution in [0.3, 0.4) is 0 Å². The second-order valence-corrected chi connectivity index (χ2v) is 3.80. The second kappa shape index (κ2) is 6.85. The molecule has 0 atom stereocenters. The Morgan fingerprint density at radius 3 is 2.82 bits per heavy atom. The van der Waals surface area contributed by atoms with Crippen LogP contribution in [0.2, 0.25) is 0 Å². The topological polar surface area (TPSA) is 63.1 Å². The maximum atomic E-state index is 11.5. The second-order valence-electron chi connectivity index (χ2n) is 3.80. The van der Waals surface area contributed by atoms with Gasteiger partial charge < -0.3 is 15.2 Å². The molecule has 2 N–H and O–H groups in total. The molecule has 1 aromatic rings. The van der Waals surface area contributed by atoms with Crippen LogP contribution >= 0.6 is 0 Å². The Labute approximate surface area is 101 Å². The van der Waals surface area contributed by atoms with Gasteiger partial charge >= 0.3 is 0 Å². The number of carbonyl (C=O) groups is 1. The van der Waals surface area contributed by atoms with Crippen molar-refractivity contribution >= 4 is 11.6 Å². The van der Waals surface area contributed by atoms with E-state index in [-0.39, 0.29) is 11.5 Å². The van der Waals surface area contributed by atoms with Gasteiger partial charge in [-0.1, -0.05) is 0 Å². The van der Waals surface area contributed by atoms with Crippen molar-refractivity contribution in [1.82, 2.24) is 9.88 Å². The van der Waals surface area contributed by atoms with Gasteiger partial charge in [0.05, 0.1) is 5.69 Å². The first kappa shape index (κ1) is 13.4. The van der Waals surface area contributed by atoms with E-state index >= 15 is 0 Å². The molecule has 17 heavy (non-hydrogen) atoms. The minimum absolute atomic E-state index is 0.0263. The highest BCUT2D eigenvalue weighted by molar-refractivity contribution is 5.90. The minimum Gasteiger partial charge on any atom is -0.325 e. The molecule has 0 fully saturated rings. The molecule has 0 saturated heterocycles. The fraction of sp³-hybridized carbons (Fsp3) is 0.500. The molecule has 0 bridgehead atoms. The van der Waals surface area contributed by atoms with Gasteiger partial charge in [0.15, 0.2) is 0 Å². The monoisotopic (exact) mass is 237 g/mol. The first-order chi connectivity index (χ1) is 8.17. The van der Waals surface area contributed by atoms with Crippen molar-refractivity contribution in [2.45, 2.75) is 26.3 Å². The van der Waals surface area contributed by atoms with E-state index in [0.717, 1.165) is 13.0 Å². The van der Waals surface area contributed by atoms with Crippen molar-refractivity contribution < 1.29 is 4.79 Å². The predicted octanol–water partition coefficient (Wildman–Crippen LogP) is 0.806. The number of anilines is 1. The predicted molar refractivity (Wildman–Crippen MR) is 68.2 cm³/mol. The lowest BCUT2D eigenvalue weighted by molar-refractivity contribution is -0.116. The van der Waals surface area contributed by atoms with Gasteiger partial charge in [-0.2, -0.15) is 0 Å². The van der Waals surface area contributed by atoms with Crippen LogP contribution < -0.4 is 16.2 Å². The zero-order chi connectivity index (χ0) is 12.7. The molecule has 0 radical (unpaired) electrons. The van der Waals surface area contributed by atoms with Gasteiger partial charge in [0.1, 0.15) is 0 Å². The van der Waals surface area contributed by atoms with E-state index < -0.39 is 0 Å². The van der Waals surface area contributed by atoms with Crippen LogP contribution in [0.25, 0.3) is 0 Å². The van der Waals surface area contributed by atoms with Gasteiger partial charge in [-0.15, -0.1) is 0 Å². The Hall–Kier alpha value is -1.62. The van der Waals surface area contributed by atoms with E-state index in [9.17, 15) is 9.59 Å². The molecule has 1 amide bonds. The molecule has 1 aromatic heterocycles. The number of nitrogens with zero attached hydrogens (tertiary/aromatic N) is 1. The van der Waals surface area contributed by atoms with Crippen molar-refractivity contribution in [3.63, 3.8) is 0 Å². The van der Waals surface area contributed by atoms with Gasteiger partial charge in [-0.3, -0.25) is 9.59 Å². The molecule has 0 aliphatic carbocycles. The largest absolute Gasteiger partial charge is 0.325 e. The molecular weight excluding hydrogens is 218 g/mol. The molecule has 1 heterocycles. The molecule has 0 spiro atoms. The third-order valence-corrected chi connectivity index (χ3v) is 2.44. The number of hydrogen-bond acceptors (Lipinski definition) is 3. The highest BCUT2D eigenvalue weighted by Crippen LogP contribution is 2.04. The van der Waals surface area contributed by atoms with Crippen LogP contribution in [0, 0.1) is 0 Å². The third-order valence-electron chi connectivity index (χ3n) is 2.44. The number of hydrogen-bond donors (Lipinski definition) is 2. The number of nitrogens with one attached hydrogen (secondary N) is 2. The van der Waals surface area contributed by atoms with E-state index in [1.807, 2.05) is 14.0 Å². The zero-order valence-electron chi connectivity index (χ0n) is 10.3. The molecule has 94 valence electrons. The molecule has 0 aliphatic rings. The number of aryl methyl sites for hydroxylation is 1. The first-order valence-electron chi connectivity index (χ1n) is 5.82. The van der Waals surface area contributed by atoms with E-state index in [2.05, 4.69) is 10.6 Å². The fourth-order valence-electron chi connectivity index (χ4n) is 1.50. The lowest BCUT2D eigenvalue weighted by atomic mass is 10.3. The van der Waals surface area contributed by atoms with Crippen LogP contribution in [-0.2, 0) is 11.3 Å². The molecule has 5 heteroatoms. The number of amides is 1. The Kier molecular flexibility index (Phi) is 5.42. The molecule has 0 saturated carbocycles. The quantitative estimate of drug-likeness (QED) is 0.720. The number of rotatable bonds is 6. The maximum Gasteiger partial charge on any atom is 0.250 e. The van der Waals surface area contributed by atoms with Gasteiger partial charge in [0, 0.05) is 25.2 Å². The Morgan fingerprint density at radius 2 is 2.18 bits per heavy atom. The summed E-state index contributed by atoms with van der Waals surface area (Å²) in [5.41, 5.74) is 0.613. The standard InChI is InChI=1S/C12H19N3O2/c1-3-15-9-10(6-7-12(15)17)14-11(16)5-4-8-13-2/h6-7,9,13H,3-5,8H2,1-2H3,(H,14,16). The molecule has 5 nitrogen and oxygen atoms in total. The van der Waals surface area contributed by atoms with Gasteiger partial charge in [-0.05, 0) is 33.0 Å². The lowest BCUT2D eigenvalue weighted by Gasteiger charge is -2.07. The van der Waals surface area contributed by atoms with Crippen molar-refractivity contribution in [3.8, 4) is 0 Å². The highest BCUT2D eigenvalue weighted by Gasteiger charge is 2.03. The molecule has 0 unspecified atom stereocenters. The van der Waals surface area contributed by atoms with Crippen LogP contribution in [0.15, 0.2) is 23.1 Å². The van der Waals surface area contributed by atoms with Crippen molar-refractivity contribution in [2.24, 2.45) is 0 Å². The SMILES string of the molecule is CCn1cc(NC(=O)CCCNC)ccc1=O. The first-order valence-corrected chi connectivity index (χ1v) is 5.82. The third kappa shape index (κ3) is 4.40. The van der Waals surface area contributed by atoms with Crippen LogP contribution in [0.4, 0.5) is 5.69 Å². The maximum absolute atomic E-state index is 11.5. The Morgan fingerprint density at radius 1 is 1.41 bits per heavy atom. The molecular formula is C12H19N3O2. The number of pyridine rings is 1. The van der Waals surface area contributed by atoms with E-state index in [1.54, 1.807) is 16.8 Å². The smallest absolute Gasteiger partial charge is 0.250 e. The average Bonchev–Trinajstić information content (AvgIpc) is 2.32. The van der Waals surface area contributed by atoms with Crippen molar-refractivity contribution in [2.75, 3.05) is 18.9 Å². The lowest BCUT2D eigenvalue weighted by Crippen LogP contribution is -2.20.